The van der Waals surface area contributed by atoms with Gasteiger partial charge in [0.2, 0.25) is 0 Å². The summed E-state index contributed by atoms with van der Waals surface area (Å²) < 4.78 is 12.0. The fourth-order valence-corrected chi connectivity index (χ4v) is 4.21. The minimum Gasteiger partial charge on any atom is -0.459 e. The molecule has 3 aromatic heterocycles. The van der Waals surface area contributed by atoms with E-state index in [-0.39, 0.29) is 11.4 Å². The number of nitro benzene ring substituents is 1. The van der Waals surface area contributed by atoms with Crippen LogP contribution in [-0.2, 0) is 0 Å². The molecule has 0 aliphatic rings. The number of aromatic nitrogens is 1. The SMILES string of the molecule is O=C(N/N=C\c1ccc(Sc2nc3ccc([N+](=O)[O-])cc3s2)o1)c1ccco1. The van der Waals surface area contributed by atoms with Crippen LogP contribution in [-0.4, -0.2) is 22.0 Å². The Labute approximate surface area is 165 Å². The quantitative estimate of drug-likeness (QED) is 0.283. The molecule has 0 saturated heterocycles. The Morgan fingerprint density at radius 2 is 2.21 bits per heavy atom. The zero-order valence-corrected chi connectivity index (χ0v) is 15.5. The van der Waals surface area contributed by atoms with Crippen molar-refractivity contribution in [2.75, 3.05) is 0 Å². The highest BCUT2D eigenvalue weighted by molar-refractivity contribution is 8.01. The fraction of sp³-hybridized carbons (Fsp3) is 0. The van der Waals surface area contributed by atoms with Crippen molar-refractivity contribution in [3.63, 3.8) is 0 Å². The first-order valence-electron chi connectivity index (χ1n) is 7.78. The normalized spacial score (nSPS) is 11.3. The van der Waals surface area contributed by atoms with Gasteiger partial charge in [-0.15, -0.1) is 11.3 Å². The zero-order chi connectivity index (χ0) is 19.5. The summed E-state index contributed by atoms with van der Waals surface area (Å²) in [6.07, 6.45) is 2.77. The van der Waals surface area contributed by atoms with Crippen molar-refractivity contribution < 1.29 is 18.6 Å². The number of hydrogen-bond acceptors (Lipinski definition) is 9. The number of non-ortho nitro benzene ring substituents is 1. The van der Waals surface area contributed by atoms with Gasteiger partial charge in [0, 0.05) is 12.1 Å². The molecule has 1 aromatic carbocycles. The first kappa shape index (κ1) is 17.9. The number of fused-ring (bicyclic) bond motifs is 1. The third kappa shape index (κ3) is 3.94. The maximum Gasteiger partial charge on any atom is 0.307 e. The summed E-state index contributed by atoms with van der Waals surface area (Å²) in [6.45, 7) is 0. The molecule has 9 nitrogen and oxygen atoms in total. The molecular weight excluding hydrogens is 404 g/mol. The van der Waals surface area contributed by atoms with E-state index in [0.29, 0.717) is 20.7 Å². The van der Waals surface area contributed by atoms with E-state index in [4.69, 9.17) is 8.83 Å². The smallest absolute Gasteiger partial charge is 0.307 e. The molecule has 1 N–H and O–H groups in total. The number of hydrogen-bond donors (Lipinski definition) is 1. The topological polar surface area (TPSA) is 124 Å². The first-order chi connectivity index (χ1) is 13.6. The number of nitrogens with zero attached hydrogens (tertiary/aromatic N) is 3. The van der Waals surface area contributed by atoms with Crippen LogP contribution in [0.1, 0.15) is 16.3 Å². The number of carbonyl (C=O) groups excluding carboxylic acids is 1. The summed E-state index contributed by atoms with van der Waals surface area (Å²) in [5, 5.41) is 15.3. The van der Waals surface area contributed by atoms with E-state index < -0.39 is 10.8 Å². The van der Waals surface area contributed by atoms with Gasteiger partial charge in [0.25, 0.3) is 5.69 Å². The summed E-state index contributed by atoms with van der Waals surface area (Å²) in [5.41, 5.74) is 3.04. The second kappa shape index (κ2) is 7.66. The molecule has 4 aromatic rings. The number of rotatable bonds is 6. The van der Waals surface area contributed by atoms with Gasteiger partial charge in [-0.2, -0.15) is 5.10 Å². The minimum atomic E-state index is -0.467. The van der Waals surface area contributed by atoms with Gasteiger partial charge in [-0.25, -0.2) is 10.4 Å². The maximum atomic E-state index is 11.7. The van der Waals surface area contributed by atoms with E-state index in [0.717, 1.165) is 4.70 Å². The van der Waals surface area contributed by atoms with Crippen molar-refractivity contribution in [3.8, 4) is 0 Å². The number of nitrogens with one attached hydrogen (secondary N) is 1. The Morgan fingerprint density at radius 1 is 1.32 bits per heavy atom. The highest BCUT2D eigenvalue weighted by atomic mass is 32.2. The van der Waals surface area contributed by atoms with E-state index in [9.17, 15) is 14.9 Å². The lowest BCUT2D eigenvalue weighted by atomic mass is 10.3. The number of amides is 1. The molecule has 0 atom stereocenters. The Kier molecular flexibility index (Phi) is 4.91. The number of benzene rings is 1. The van der Waals surface area contributed by atoms with Crippen molar-refractivity contribution in [2.45, 2.75) is 9.43 Å². The minimum absolute atomic E-state index is 0.0285. The fourth-order valence-electron chi connectivity index (χ4n) is 2.21. The third-order valence-corrected chi connectivity index (χ3v) is 5.46. The summed E-state index contributed by atoms with van der Waals surface area (Å²) in [7, 11) is 0. The number of thiazole rings is 1. The highest BCUT2D eigenvalue weighted by Gasteiger charge is 2.12. The first-order valence-corrected chi connectivity index (χ1v) is 9.41. The van der Waals surface area contributed by atoms with E-state index in [1.54, 1.807) is 24.3 Å². The molecule has 4 rings (SSSR count). The van der Waals surface area contributed by atoms with Crippen LogP contribution in [0.2, 0.25) is 0 Å². The number of nitro groups is 1. The predicted octanol–water partition coefficient (Wildman–Crippen LogP) is 4.31. The van der Waals surface area contributed by atoms with Crippen LogP contribution in [0.5, 0.6) is 0 Å². The van der Waals surface area contributed by atoms with E-state index in [1.165, 1.54) is 53.8 Å². The van der Waals surface area contributed by atoms with Crippen LogP contribution in [0.15, 0.2) is 72.1 Å². The summed E-state index contributed by atoms with van der Waals surface area (Å²) >= 11 is 2.63. The van der Waals surface area contributed by atoms with Gasteiger partial charge < -0.3 is 8.83 Å². The Balaban J connectivity index is 1.41. The molecule has 0 bridgehead atoms. The summed E-state index contributed by atoms with van der Waals surface area (Å²) in [4.78, 5) is 26.6. The lowest BCUT2D eigenvalue weighted by Gasteiger charge is -1.94. The molecule has 3 heterocycles. The lowest BCUT2D eigenvalue weighted by molar-refractivity contribution is -0.384. The van der Waals surface area contributed by atoms with Crippen molar-refractivity contribution in [3.05, 3.63) is 70.4 Å². The maximum absolute atomic E-state index is 11.7. The third-order valence-electron chi connectivity index (χ3n) is 3.46. The average molecular weight is 414 g/mol. The molecule has 0 spiro atoms. The van der Waals surface area contributed by atoms with Crippen molar-refractivity contribution in [1.82, 2.24) is 10.4 Å². The molecule has 0 saturated carbocycles. The standard InChI is InChI=1S/C17H10N4O5S2/c22-16(13-2-1-7-25-13)20-18-9-11-4-6-15(26-11)28-17-19-12-5-3-10(21(23)24)8-14(12)27-17/h1-9H,(H,20,22)/b18-9-. The van der Waals surface area contributed by atoms with Crippen LogP contribution < -0.4 is 5.43 Å². The second-order valence-corrected chi connectivity index (χ2v) is 7.61. The van der Waals surface area contributed by atoms with E-state index >= 15 is 0 Å². The molecular formula is C17H10N4O5S2. The van der Waals surface area contributed by atoms with Crippen LogP contribution in [0.4, 0.5) is 5.69 Å². The average Bonchev–Trinajstić information content (AvgIpc) is 3.41. The number of furan rings is 2. The largest absolute Gasteiger partial charge is 0.459 e. The highest BCUT2D eigenvalue weighted by Crippen LogP contribution is 2.36. The van der Waals surface area contributed by atoms with Gasteiger partial charge in [0.1, 0.15) is 5.76 Å². The predicted molar refractivity (Wildman–Crippen MR) is 103 cm³/mol. The van der Waals surface area contributed by atoms with Crippen molar-refractivity contribution in [2.24, 2.45) is 5.10 Å². The van der Waals surface area contributed by atoms with E-state index in [2.05, 4.69) is 15.5 Å². The Hall–Kier alpha value is -3.44. The number of carbonyl (C=O) groups is 1. The molecule has 0 aliphatic heterocycles. The molecule has 140 valence electrons. The molecule has 0 unspecified atom stereocenters. The Bertz CT molecular complexity index is 1180. The zero-order valence-electron chi connectivity index (χ0n) is 13.9. The molecule has 0 fully saturated rings. The van der Waals surface area contributed by atoms with Gasteiger partial charge in [-0.1, -0.05) is 0 Å². The van der Waals surface area contributed by atoms with E-state index in [1.807, 2.05) is 0 Å². The lowest BCUT2D eigenvalue weighted by Crippen LogP contribution is -2.16. The molecule has 1 amide bonds. The van der Waals surface area contributed by atoms with Gasteiger partial charge in [0.05, 0.1) is 27.6 Å². The monoisotopic (exact) mass is 414 g/mol. The van der Waals surface area contributed by atoms with Crippen molar-refractivity contribution >= 4 is 51.1 Å². The molecule has 0 aliphatic carbocycles. The number of hydrazone groups is 1. The van der Waals surface area contributed by atoms with Crippen LogP contribution in [0.3, 0.4) is 0 Å². The van der Waals surface area contributed by atoms with Gasteiger partial charge >= 0.3 is 5.91 Å². The molecule has 11 heteroatoms. The molecule has 28 heavy (non-hydrogen) atoms. The second-order valence-electron chi connectivity index (χ2n) is 5.32. The summed E-state index contributed by atoms with van der Waals surface area (Å²) in [5.74, 6) is 0.133. The molecule has 0 radical (unpaired) electrons. The van der Waals surface area contributed by atoms with Gasteiger partial charge in [-0.3, -0.25) is 14.9 Å². The van der Waals surface area contributed by atoms with Crippen LogP contribution in [0.25, 0.3) is 10.2 Å². The van der Waals surface area contributed by atoms with Crippen molar-refractivity contribution in [1.29, 1.82) is 0 Å². The summed E-state index contributed by atoms with van der Waals surface area (Å²) in [6, 6.07) is 11.1. The van der Waals surface area contributed by atoms with Crippen LogP contribution >= 0.6 is 23.1 Å². The van der Waals surface area contributed by atoms with Gasteiger partial charge in [0.15, 0.2) is 15.2 Å². The Morgan fingerprint density at radius 3 is 3.00 bits per heavy atom. The van der Waals surface area contributed by atoms with Gasteiger partial charge in [-0.05, 0) is 42.1 Å². The van der Waals surface area contributed by atoms with Crippen LogP contribution in [0, 0.1) is 10.1 Å².